The van der Waals surface area contributed by atoms with Gasteiger partial charge in [0, 0.05) is 23.0 Å². The normalized spacial score (nSPS) is 10.6. The maximum Gasteiger partial charge on any atom is 0.355 e. The number of fused-ring (bicyclic) bond motifs is 1. The van der Waals surface area contributed by atoms with Gasteiger partial charge in [0.15, 0.2) is 6.61 Å². The minimum atomic E-state index is -0.560. The Labute approximate surface area is 157 Å². The first-order valence-electron chi connectivity index (χ1n) is 8.63. The van der Waals surface area contributed by atoms with Gasteiger partial charge in [0.25, 0.3) is 5.91 Å². The number of esters is 1. The van der Waals surface area contributed by atoms with E-state index in [1.54, 1.807) is 13.2 Å². The molecule has 2 aromatic carbocycles. The Morgan fingerprint density at radius 1 is 1.11 bits per heavy atom. The Morgan fingerprint density at radius 2 is 1.89 bits per heavy atom. The highest BCUT2D eigenvalue weighted by atomic mass is 16.5. The van der Waals surface area contributed by atoms with Crippen LogP contribution < -0.4 is 10.1 Å². The molecule has 0 unspecified atom stereocenters. The highest BCUT2D eigenvalue weighted by Gasteiger charge is 2.14. The molecule has 0 radical (unpaired) electrons. The molecule has 0 saturated carbocycles. The highest BCUT2D eigenvalue weighted by molar-refractivity contribution is 5.96. The largest absolute Gasteiger partial charge is 0.496 e. The number of aromatic amines is 1. The van der Waals surface area contributed by atoms with Crippen molar-refractivity contribution in [2.75, 3.05) is 13.7 Å². The standard InChI is InChI=1S/C21H22N2O4/c1-13-8-14(2)16-10-18(23-17(16)9-13)21(25)27-12-20(24)22-11-15-6-4-5-7-19(15)26-3/h4-10,23H,11-12H2,1-3H3,(H,22,24). The van der Waals surface area contributed by atoms with E-state index in [0.717, 1.165) is 27.6 Å². The number of H-pyrrole nitrogens is 1. The molecule has 1 amide bonds. The summed E-state index contributed by atoms with van der Waals surface area (Å²) in [5.41, 5.74) is 4.24. The van der Waals surface area contributed by atoms with Crippen molar-refractivity contribution >= 4 is 22.8 Å². The van der Waals surface area contributed by atoms with Crippen LogP contribution in [0.25, 0.3) is 10.9 Å². The zero-order valence-corrected chi connectivity index (χ0v) is 15.6. The molecule has 0 saturated heterocycles. The van der Waals surface area contributed by atoms with Crippen LogP contribution in [0.15, 0.2) is 42.5 Å². The molecule has 0 aliphatic carbocycles. The van der Waals surface area contributed by atoms with E-state index in [-0.39, 0.29) is 12.5 Å². The number of aryl methyl sites for hydroxylation is 2. The molecule has 0 aliphatic rings. The van der Waals surface area contributed by atoms with Crippen molar-refractivity contribution < 1.29 is 19.1 Å². The summed E-state index contributed by atoms with van der Waals surface area (Å²) in [6, 6.07) is 13.2. The number of rotatable bonds is 6. The van der Waals surface area contributed by atoms with E-state index < -0.39 is 5.97 Å². The van der Waals surface area contributed by atoms with Crippen molar-refractivity contribution in [3.05, 3.63) is 64.8 Å². The topological polar surface area (TPSA) is 80.4 Å². The van der Waals surface area contributed by atoms with Gasteiger partial charge in [-0.1, -0.05) is 24.3 Å². The lowest BCUT2D eigenvalue weighted by atomic mass is 10.1. The van der Waals surface area contributed by atoms with Crippen LogP contribution in [0.4, 0.5) is 0 Å². The predicted molar refractivity (Wildman–Crippen MR) is 103 cm³/mol. The van der Waals surface area contributed by atoms with Crippen LogP contribution in [0.1, 0.15) is 27.2 Å². The number of carbonyl (C=O) groups is 2. The van der Waals surface area contributed by atoms with E-state index in [2.05, 4.69) is 16.4 Å². The number of hydrogen-bond donors (Lipinski definition) is 2. The summed E-state index contributed by atoms with van der Waals surface area (Å²) in [6.45, 7) is 3.94. The fraction of sp³-hybridized carbons (Fsp3) is 0.238. The van der Waals surface area contributed by atoms with E-state index in [4.69, 9.17) is 9.47 Å². The van der Waals surface area contributed by atoms with E-state index in [9.17, 15) is 9.59 Å². The van der Waals surface area contributed by atoms with E-state index >= 15 is 0 Å². The van der Waals surface area contributed by atoms with E-state index in [0.29, 0.717) is 18.0 Å². The molecule has 1 aromatic heterocycles. The number of methoxy groups -OCH3 is 1. The third kappa shape index (κ3) is 4.28. The fourth-order valence-electron chi connectivity index (χ4n) is 3.01. The molecule has 6 nitrogen and oxygen atoms in total. The average molecular weight is 366 g/mol. The van der Waals surface area contributed by atoms with E-state index in [1.807, 2.05) is 44.2 Å². The lowest BCUT2D eigenvalue weighted by Crippen LogP contribution is -2.28. The minimum absolute atomic E-state index is 0.297. The Kier molecular flexibility index (Phi) is 5.45. The molecule has 27 heavy (non-hydrogen) atoms. The summed E-state index contributed by atoms with van der Waals surface area (Å²) in [6.07, 6.45) is 0. The molecule has 2 N–H and O–H groups in total. The zero-order valence-electron chi connectivity index (χ0n) is 15.6. The van der Waals surface area contributed by atoms with Crippen LogP contribution >= 0.6 is 0 Å². The summed E-state index contributed by atoms with van der Waals surface area (Å²) >= 11 is 0. The van der Waals surface area contributed by atoms with Crippen LogP contribution in [0.3, 0.4) is 0 Å². The van der Waals surface area contributed by atoms with Gasteiger partial charge in [-0.15, -0.1) is 0 Å². The summed E-state index contributed by atoms with van der Waals surface area (Å²) in [7, 11) is 1.58. The second kappa shape index (κ2) is 7.95. The maximum atomic E-state index is 12.2. The van der Waals surface area contributed by atoms with Crippen LogP contribution in [-0.2, 0) is 16.1 Å². The van der Waals surface area contributed by atoms with Gasteiger partial charge in [0.1, 0.15) is 11.4 Å². The first-order chi connectivity index (χ1) is 13.0. The van der Waals surface area contributed by atoms with Crippen LogP contribution in [0.2, 0.25) is 0 Å². The summed E-state index contributed by atoms with van der Waals surface area (Å²) in [5.74, 6) is -0.244. The second-order valence-electron chi connectivity index (χ2n) is 6.39. The monoisotopic (exact) mass is 366 g/mol. The Morgan fingerprint density at radius 3 is 2.67 bits per heavy atom. The number of amides is 1. The van der Waals surface area contributed by atoms with Crippen molar-refractivity contribution in [1.29, 1.82) is 0 Å². The number of ether oxygens (including phenoxy) is 2. The predicted octanol–water partition coefficient (Wildman–Crippen LogP) is 3.27. The lowest BCUT2D eigenvalue weighted by Gasteiger charge is -2.09. The summed E-state index contributed by atoms with van der Waals surface area (Å²) < 4.78 is 10.4. The van der Waals surface area contributed by atoms with E-state index in [1.165, 1.54) is 0 Å². The molecule has 0 atom stereocenters. The molecule has 0 aliphatic heterocycles. The lowest BCUT2D eigenvalue weighted by molar-refractivity contribution is -0.124. The SMILES string of the molecule is COc1ccccc1CNC(=O)COC(=O)c1cc2c(C)cc(C)cc2[nH]1. The number of para-hydroxylation sites is 1. The maximum absolute atomic E-state index is 12.2. The minimum Gasteiger partial charge on any atom is -0.496 e. The molecule has 3 aromatic rings. The van der Waals surface area contributed by atoms with Gasteiger partial charge in [0.05, 0.1) is 7.11 Å². The third-order valence-electron chi connectivity index (χ3n) is 4.31. The van der Waals surface area contributed by atoms with Gasteiger partial charge in [-0.3, -0.25) is 4.79 Å². The molecule has 6 heteroatoms. The average Bonchev–Trinajstić information content (AvgIpc) is 3.09. The van der Waals surface area contributed by atoms with Crippen molar-refractivity contribution in [3.63, 3.8) is 0 Å². The van der Waals surface area contributed by atoms with Gasteiger partial charge < -0.3 is 19.8 Å². The molecule has 1 heterocycles. The quantitative estimate of drug-likeness (QED) is 0.656. The summed E-state index contributed by atoms with van der Waals surface area (Å²) in [4.78, 5) is 27.3. The number of aromatic nitrogens is 1. The fourth-order valence-corrected chi connectivity index (χ4v) is 3.01. The molecular formula is C21H22N2O4. The number of benzene rings is 2. The molecule has 140 valence electrons. The highest BCUT2D eigenvalue weighted by Crippen LogP contribution is 2.22. The Bertz CT molecular complexity index is 991. The molecule has 0 bridgehead atoms. The van der Waals surface area contributed by atoms with Crippen LogP contribution in [0, 0.1) is 13.8 Å². The van der Waals surface area contributed by atoms with Gasteiger partial charge in [0.2, 0.25) is 0 Å². The first kappa shape index (κ1) is 18.5. The molecule has 0 spiro atoms. The van der Waals surface area contributed by atoms with Gasteiger partial charge >= 0.3 is 5.97 Å². The molecular weight excluding hydrogens is 344 g/mol. The second-order valence-corrected chi connectivity index (χ2v) is 6.39. The van der Waals surface area contributed by atoms with Gasteiger partial charge in [-0.05, 0) is 43.2 Å². The van der Waals surface area contributed by atoms with Crippen molar-refractivity contribution in [3.8, 4) is 5.75 Å². The molecule has 3 rings (SSSR count). The first-order valence-corrected chi connectivity index (χ1v) is 8.63. The Balaban J connectivity index is 1.57. The number of nitrogens with one attached hydrogen (secondary N) is 2. The van der Waals surface area contributed by atoms with Crippen molar-refractivity contribution in [1.82, 2.24) is 10.3 Å². The van der Waals surface area contributed by atoms with Crippen molar-refractivity contribution in [2.24, 2.45) is 0 Å². The van der Waals surface area contributed by atoms with Gasteiger partial charge in [-0.25, -0.2) is 4.79 Å². The Hall–Kier alpha value is -3.28. The van der Waals surface area contributed by atoms with Crippen LogP contribution in [-0.4, -0.2) is 30.6 Å². The molecule has 0 fully saturated rings. The number of hydrogen-bond acceptors (Lipinski definition) is 4. The smallest absolute Gasteiger partial charge is 0.355 e. The third-order valence-corrected chi connectivity index (χ3v) is 4.31. The number of carbonyl (C=O) groups excluding carboxylic acids is 2. The summed E-state index contributed by atoms with van der Waals surface area (Å²) in [5, 5.41) is 3.68. The van der Waals surface area contributed by atoms with Crippen LogP contribution in [0.5, 0.6) is 5.75 Å². The van der Waals surface area contributed by atoms with Crippen molar-refractivity contribution in [2.45, 2.75) is 20.4 Å². The van der Waals surface area contributed by atoms with Gasteiger partial charge in [-0.2, -0.15) is 0 Å². The zero-order chi connectivity index (χ0) is 19.4.